The molecule has 5 aliphatic rings. The van der Waals surface area contributed by atoms with E-state index in [1.165, 1.54) is 58.2 Å². The second-order valence-corrected chi connectivity index (χ2v) is 9.06. The Labute approximate surface area is 124 Å². The molecule has 2 heteroatoms. The Morgan fingerprint density at radius 1 is 0.950 bits per heavy atom. The fourth-order valence-corrected chi connectivity index (χ4v) is 6.50. The normalized spacial score (nSPS) is 52.6. The molecule has 0 aromatic heterocycles. The summed E-state index contributed by atoms with van der Waals surface area (Å²) in [4.78, 5) is 2.67. The lowest BCUT2D eigenvalue weighted by Crippen LogP contribution is -2.57. The van der Waals surface area contributed by atoms with E-state index in [2.05, 4.69) is 18.7 Å². The van der Waals surface area contributed by atoms with Crippen LogP contribution in [0.15, 0.2) is 0 Å². The van der Waals surface area contributed by atoms with E-state index in [1.54, 1.807) is 0 Å². The van der Waals surface area contributed by atoms with Gasteiger partial charge in [-0.1, -0.05) is 13.8 Å². The second kappa shape index (κ2) is 4.71. The van der Waals surface area contributed by atoms with E-state index >= 15 is 0 Å². The summed E-state index contributed by atoms with van der Waals surface area (Å²) in [7, 11) is 0. The number of hydrogen-bond acceptors (Lipinski definition) is 2. The summed E-state index contributed by atoms with van der Waals surface area (Å²) in [5.74, 6) is 4.81. The molecule has 2 nitrogen and oxygen atoms in total. The van der Waals surface area contributed by atoms with E-state index < -0.39 is 0 Å². The molecule has 2 N–H and O–H groups in total. The first-order valence-electron chi connectivity index (χ1n) is 9.02. The zero-order valence-electron chi connectivity index (χ0n) is 13.4. The van der Waals surface area contributed by atoms with Crippen molar-refractivity contribution in [1.82, 2.24) is 4.90 Å². The molecule has 4 saturated carbocycles. The van der Waals surface area contributed by atoms with Gasteiger partial charge in [0.15, 0.2) is 0 Å². The lowest BCUT2D eigenvalue weighted by atomic mass is 9.48. The Bertz CT molecular complexity index is 332. The highest BCUT2D eigenvalue weighted by atomic mass is 15.2. The molecular weight excluding hydrogens is 244 g/mol. The van der Waals surface area contributed by atoms with Gasteiger partial charge in [0, 0.05) is 25.7 Å². The predicted octanol–water partition coefficient (Wildman–Crippen LogP) is 3.12. The lowest BCUT2D eigenvalue weighted by Gasteiger charge is -2.59. The molecule has 4 bridgehead atoms. The molecule has 5 fully saturated rings. The molecule has 1 heterocycles. The van der Waals surface area contributed by atoms with Gasteiger partial charge >= 0.3 is 0 Å². The van der Waals surface area contributed by atoms with Crippen LogP contribution in [-0.2, 0) is 0 Å². The number of hydrogen-bond donors (Lipinski definition) is 1. The van der Waals surface area contributed by atoms with Crippen LogP contribution in [0.1, 0.15) is 52.4 Å². The number of likely N-dealkylation sites (tertiary alicyclic amines) is 1. The van der Waals surface area contributed by atoms with Gasteiger partial charge in [-0.05, 0) is 73.5 Å². The van der Waals surface area contributed by atoms with Crippen molar-refractivity contribution in [2.24, 2.45) is 40.7 Å². The average molecular weight is 276 g/mol. The fraction of sp³-hybridized carbons (Fsp3) is 1.00. The quantitative estimate of drug-likeness (QED) is 0.858. The van der Waals surface area contributed by atoms with Crippen LogP contribution in [0.2, 0.25) is 0 Å². The van der Waals surface area contributed by atoms with Gasteiger partial charge in [-0.2, -0.15) is 0 Å². The third kappa shape index (κ3) is 2.14. The summed E-state index contributed by atoms with van der Waals surface area (Å²) >= 11 is 0. The minimum atomic E-state index is 0.438. The van der Waals surface area contributed by atoms with Crippen LogP contribution in [0, 0.1) is 35.0 Å². The highest BCUT2D eigenvalue weighted by Gasteiger charge is 2.53. The molecule has 0 amide bonds. The van der Waals surface area contributed by atoms with Gasteiger partial charge in [0.1, 0.15) is 0 Å². The molecule has 20 heavy (non-hydrogen) atoms. The molecule has 1 aliphatic heterocycles. The van der Waals surface area contributed by atoms with Gasteiger partial charge in [-0.3, -0.25) is 0 Å². The molecule has 0 aromatic rings. The summed E-state index contributed by atoms with van der Waals surface area (Å²) in [6, 6.07) is 0.438. The van der Waals surface area contributed by atoms with E-state index in [9.17, 15) is 0 Å². The Kier molecular flexibility index (Phi) is 3.20. The van der Waals surface area contributed by atoms with Crippen LogP contribution < -0.4 is 5.73 Å². The smallest absolute Gasteiger partial charge is 0.0225 e. The van der Waals surface area contributed by atoms with Crippen molar-refractivity contribution in [3.63, 3.8) is 0 Å². The fourth-order valence-electron chi connectivity index (χ4n) is 6.50. The topological polar surface area (TPSA) is 29.3 Å². The minimum Gasteiger partial charge on any atom is -0.326 e. The van der Waals surface area contributed by atoms with Gasteiger partial charge in [0.05, 0.1) is 0 Å². The first-order valence-corrected chi connectivity index (χ1v) is 9.02. The molecule has 0 aromatic carbocycles. The molecular formula is C18H32N2. The molecule has 1 saturated heterocycles. The zero-order chi connectivity index (χ0) is 13.9. The maximum atomic E-state index is 6.80. The van der Waals surface area contributed by atoms with Crippen molar-refractivity contribution in [2.45, 2.75) is 58.4 Å². The second-order valence-electron chi connectivity index (χ2n) is 9.06. The minimum absolute atomic E-state index is 0.438. The van der Waals surface area contributed by atoms with Gasteiger partial charge < -0.3 is 10.6 Å². The molecule has 3 unspecified atom stereocenters. The first-order chi connectivity index (χ1) is 9.54. The standard InChI is InChI=1S/C18H32N2/c1-12-9-20(10-13(12)2)11-17(19)18-6-14-3-15(7-18)5-16(4-14)8-18/h12-17H,3-11,19H2,1-2H3. The maximum Gasteiger partial charge on any atom is 0.0225 e. The van der Waals surface area contributed by atoms with Gasteiger partial charge in [-0.15, -0.1) is 0 Å². The summed E-state index contributed by atoms with van der Waals surface area (Å²) < 4.78 is 0. The van der Waals surface area contributed by atoms with Crippen LogP contribution >= 0.6 is 0 Å². The monoisotopic (exact) mass is 276 g/mol. The van der Waals surface area contributed by atoms with E-state index in [0.29, 0.717) is 11.5 Å². The SMILES string of the molecule is CC1CN(CC(N)C23CC4CC(CC(C4)C2)C3)CC1C. The van der Waals surface area contributed by atoms with E-state index in [1.807, 2.05) is 0 Å². The van der Waals surface area contributed by atoms with E-state index in [4.69, 9.17) is 5.73 Å². The van der Waals surface area contributed by atoms with Crippen molar-refractivity contribution in [3.8, 4) is 0 Å². The number of nitrogens with two attached hydrogens (primary N) is 1. The Hall–Kier alpha value is -0.0800. The van der Waals surface area contributed by atoms with Crippen LogP contribution in [0.25, 0.3) is 0 Å². The summed E-state index contributed by atoms with van der Waals surface area (Å²) in [6.45, 7) is 8.53. The van der Waals surface area contributed by atoms with Crippen LogP contribution in [0.5, 0.6) is 0 Å². The van der Waals surface area contributed by atoms with E-state index in [-0.39, 0.29) is 0 Å². The number of nitrogens with zero attached hydrogens (tertiary/aromatic N) is 1. The molecule has 5 rings (SSSR count). The van der Waals surface area contributed by atoms with Crippen molar-refractivity contribution in [1.29, 1.82) is 0 Å². The van der Waals surface area contributed by atoms with Gasteiger partial charge in [0.2, 0.25) is 0 Å². The third-order valence-electron chi connectivity index (χ3n) is 7.39. The van der Waals surface area contributed by atoms with Gasteiger partial charge in [0.25, 0.3) is 0 Å². The van der Waals surface area contributed by atoms with Crippen LogP contribution in [-0.4, -0.2) is 30.6 Å². The first kappa shape index (κ1) is 13.6. The average Bonchev–Trinajstić information content (AvgIpc) is 2.66. The largest absolute Gasteiger partial charge is 0.326 e. The van der Waals surface area contributed by atoms with Crippen LogP contribution in [0.4, 0.5) is 0 Å². The van der Waals surface area contributed by atoms with Crippen LogP contribution in [0.3, 0.4) is 0 Å². The van der Waals surface area contributed by atoms with Crippen molar-refractivity contribution in [3.05, 3.63) is 0 Å². The highest BCUT2D eigenvalue weighted by Crippen LogP contribution is 2.61. The molecule has 4 aliphatic carbocycles. The van der Waals surface area contributed by atoms with E-state index in [0.717, 1.165) is 29.6 Å². The molecule has 0 radical (unpaired) electrons. The predicted molar refractivity (Wildman–Crippen MR) is 83.3 cm³/mol. The molecule has 3 atom stereocenters. The Morgan fingerprint density at radius 2 is 1.40 bits per heavy atom. The summed E-state index contributed by atoms with van der Waals surface area (Å²) in [5, 5.41) is 0. The van der Waals surface area contributed by atoms with Crippen molar-refractivity contribution >= 4 is 0 Å². The maximum absolute atomic E-state index is 6.80. The van der Waals surface area contributed by atoms with Crippen molar-refractivity contribution in [2.75, 3.05) is 19.6 Å². The Balaban J connectivity index is 1.44. The van der Waals surface area contributed by atoms with Crippen molar-refractivity contribution < 1.29 is 0 Å². The van der Waals surface area contributed by atoms with Gasteiger partial charge in [-0.25, -0.2) is 0 Å². The molecule has 114 valence electrons. The Morgan fingerprint density at radius 3 is 1.85 bits per heavy atom. The lowest BCUT2D eigenvalue weighted by molar-refractivity contribution is -0.0708. The molecule has 0 spiro atoms. The summed E-state index contributed by atoms with van der Waals surface area (Å²) in [5.41, 5.74) is 7.33. The number of rotatable bonds is 3. The third-order valence-corrected chi connectivity index (χ3v) is 7.39. The summed E-state index contributed by atoms with van der Waals surface area (Å²) in [6.07, 6.45) is 8.97. The zero-order valence-corrected chi connectivity index (χ0v) is 13.4. The highest BCUT2D eigenvalue weighted by molar-refractivity contribution is 5.06.